The molecule has 0 aliphatic rings. The number of benzene rings is 2. The number of amides is 1. The van der Waals surface area contributed by atoms with Gasteiger partial charge in [-0.1, -0.05) is 24.3 Å². The van der Waals surface area contributed by atoms with E-state index < -0.39 is 0 Å². The van der Waals surface area contributed by atoms with Crippen LogP contribution < -0.4 is 5.32 Å². The van der Waals surface area contributed by atoms with Crippen LogP contribution in [-0.4, -0.2) is 19.6 Å². The third-order valence-electron chi connectivity index (χ3n) is 3.09. The molecule has 0 saturated carbocycles. The summed E-state index contributed by atoms with van der Waals surface area (Å²) in [7, 11) is 1.56. The number of halogens is 2. The zero-order valence-corrected chi connectivity index (χ0v) is 13.6. The van der Waals surface area contributed by atoms with Crippen molar-refractivity contribution in [3.63, 3.8) is 0 Å². The highest BCUT2D eigenvalue weighted by Crippen LogP contribution is 2.17. The van der Waals surface area contributed by atoms with Gasteiger partial charge in [0, 0.05) is 17.2 Å². The van der Waals surface area contributed by atoms with Crippen molar-refractivity contribution in [2.24, 2.45) is 0 Å². The van der Waals surface area contributed by atoms with Crippen molar-refractivity contribution in [2.75, 3.05) is 13.7 Å². The quantitative estimate of drug-likeness (QED) is 0.782. The van der Waals surface area contributed by atoms with E-state index in [0.717, 1.165) is 9.13 Å². The number of ether oxygens (including phenoxy) is 1. The Labute approximate surface area is 136 Å². The average Bonchev–Trinajstić information content (AvgIpc) is 2.49. The van der Waals surface area contributed by atoms with E-state index in [-0.39, 0.29) is 17.8 Å². The number of nitrogens with one attached hydrogen (secondary N) is 1. The molecule has 0 saturated heterocycles. The first-order chi connectivity index (χ1) is 10.1. The van der Waals surface area contributed by atoms with E-state index in [0.29, 0.717) is 12.1 Å². The van der Waals surface area contributed by atoms with E-state index in [2.05, 4.69) is 27.9 Å². The fourth-order valence-electron chi connectivity index (χ4n) is 1.94. The number of hydrogen-bond donors (Lipinski definition) is 1. The Bertz CT molecular complexity index is 616. The number of carbonyl (C=O) groups is 1. The fraction of sp³-hybridized carbons (Fsp3) is 0.188. The second-order valence-corrected chi connectivity index (χ2v) is 5.63. The van der Waals surface area contributed by atoms with Crippen LogP contribution in [0.5, 0.6) is 0 Å². The second kappa shape index (κ2) is 7.51. The summed E-state index contributed by atoms with van der Waals surface area (Å²) in [6, 6.07) is 13.4. The molecular formula is C16H15FINO2. The zero-order chi connectivity index (χ0) is 15.2. The molecule has 0 heterocycles. The van der Waals surface area contributed by atoms with Crippen molar-refractivity contribution < 1.29 is 13.9 Å². The van der Waals surface area contributed by atoms with Crippen LogP contribution in [0.3, 0.4) is 0 Å². The molecule has 2 aromatic rings. The molecule has 0 radical (unpaired) electrons. The van der Waals surface area contributed by atoms with Gasteiger partial charge >= 0.3 is 0 Å². The molecule has 0 aliphatic carbocycles. The van der Waals surface area contributed by atoms with Gasteiger partial charge in [0.05, 0.1) is 11.7 Å². The molecule has 2 rings (SSSR count). The van der Waals surface area contributed by atoms with E-state index in [4.69, 9.17) is 4.74 Å². The molecule has 1 N–H and O–H groups in total. The van der Waals surface area contributed by atoms with Crippen LogP contribution in [0.15, 0.2) is 48.5 Å². The first-order valence-electron chi connectivity index (χ1n) is 6.43. The molecule has 0 aliphatic heterocycles. The molecule has 3 nitrogen and oxygen atoms in total. The standard InChI is InChI=1S/C16H15FINO2/c1-21-15(11-6-8-12(17)9-7-11)10-19-16(20)13-4-2-3-5-14(13)18/h2-9,15H,10H2,1H3,(H,19,20)/t15-/m1/s1. The van der Waals surface area contributed by atoms with Crippen LogP contribution in [0.25, 0.3) is 0 Å². The predicted molar refractivity (Wildman–Crippen MR) is 87.6 cm³/mol. The van der Waals surface area contributed by atoms with Gasteiger partial charge < -0.3 is 10.1 Å². The van der Waals surface area contributed by atoms with Gasteiger partial charge in [-0.05, 0) is 52.4 Å². The van der Waals surface area contributed by atoms with Crippen LogP contribution in [0.2, 0.25) is 0 Å². The molecule has 0 spiro atoms. The van der Waals surface area contributed by atoms with Crippen molar-refractivity contribution in [3.8, 4) is 0 Å². The minimum atomic E-state index is -0.309. The molecule has 1 atom stereocenters. The van der Waals surface area contributed by atoms with Gasteiger partial charge in [-0.25, -0.2) is 4.39 Å². The maximum absolute atomic E-state index is 12.9. The average molecular weight is 399 g/mol. The van der Waals surface area contributed by atoms with Crippen LogP contribution in [0.1, 0.15) is 22.0 Å². The highest BCUT2D eigenvalue weighted by atomic mass is 127. The summed E-state index contributed by atoms with van der Waals surface area (Å²) in [4.78, 5) is 12.1. The third kappa shape index (κ3) is 4.25. The van der Waals surface area contributed by atoms with Crippen LogP contribution in [-0.2, 0) is 4.74 Å². The monoisotopic (exact) mass is 399 g/mol. The lowest BCUT2D eigenvalue weighted by Crippen LogP contribution is -2.29. The normalized spacial score (nSPS) is 12.0. The van der Waals surface area contributed by atoms with Gasteiger partial charge in [0.15, 0.2) is 0 Å². The SMILES string of the molecule is CO[C@H](CNC(=O)c1ccccc1I)c1ccc(F)cc1. The summed E-state index contributed by atoms with van der Waals surface area (Å²) in [5.41, 5.74) is 1.45. The van der Waals surface area contributed by atoms with Crippen molar-refractivity contribution in [3.05, 3.63) is 69.0 Å². The number of hydrogen-bond acceptors (Lipinski definition) is 2. The van der Waals surface area contributed by atoms with Gasteiger partial charge in [-0.3, -0.25) is 4.79 Å². The Hall–Kier alpha value is -1.47. The van der Waals surface area contributed by atoms with E-state index in [9.17, 15) is 9.18 Å². The maximum Gasteiger partial charge on any atom is 0.252 e. The Balaban J connectivity index is 2.02. The van der Waals surface area contributed by atoms with Crippen LogP contribution >= 0.6 is 22.6 Å². The molecule has 0 fully saturated rings. The smallest absolute Gasteiger partial charge is 0.252 e. The van der Waals surface area contributed by atoms with Crippen molar-refractivity contribution >= 4 is 28.5 Å². The maximum atomic E-state index is 12.9. The first kappa shape index (κ1) is 15.9. The van der Waals surface area contributed by atoms with Gasteiger partial charge in [-0.2, -0.15) is 0 Å². The lowest BCUT2D eigenvalue weighted by atomic mass is 10.1. The summed E-state index contributed by atoms with van der Waals surface area (Å²) in [5.74, 6) is -0.444. The summed E-state index contributed by atoms with van der Waals surface area (Å²) < 4.78 is 19.2. The van der Waals surface area contributed by atoms with E-state index in [1.807, 2.05) is 18.2 Å². The summed E-state index contributed by atoms with van der Waals surface area (Å²) in [5, 5.41) is 2.84. The van der Waals surface area contributed by atoms with E-state index >= 15 is 0 Å². The van der Waals surface area contributed by atoms with Gasteiger partial charge in [-0.15, -0.1) is 0 Å². The molecule has 5 heteroatoms. The summed E-state index contributed by atoms with van der Waals surface area (Å²) >= 11 is 2.12. The molecule has 0 unspecified atom stereocenters. The van der Waals surface area contributed by atoms with E-state index in [1.54, 1.807) is 25.3 Å². The Kier molecular flexibility index (Phi) is 5.69. The topological polar surface area (TPSA) is 38.3 Å². The van der Waals surface area contributed by atoms with Crippen LogP contribution in [0.4, 0.5) is 4.39 Å². The molecule has 1 amide bonds. The third-order valence-corrected chi connectivity index (χ3v) is 4.03. The predicted octanol–water partition coefficient (Wildman–Crippen LogP) is 3.55. The summed E-state index contributed by atoms with van der Waals surface area (Å²) in [6.07, 6.45) is -0.309. The van der Waals surface area contributed by atoms with Crippen molar-refractivity contribution in [1.82, 2.24) is 5.32 Å². The zero-order valence-electron chi connectivity index (χ0n) is 11.5. The minimum Gasteiger partial charge on any atom is -0.375 e. The Morgan fingerprint density at radius 1 is 1.24 bits per heavy atom. The fourth-order valence-corrected chi connectivity index (χ4v) is 2.57. The highest BCUT2D eigenvalue weighted by Gasteiger charge is 2.14. The van der Waals surface area contributed by atoms with Gasteiger partial charge in [0.25, 0.3) is 5.91 Å². The number of methoxy groups -OCH3 is 1. The molecule has 2 aromatic carbocycles. The van der Waals surface area contributed by atoms with Gasteiger partial charge in [0.2, 0.25) is 0 Å². The largest absolute Gasteiger partial charge is 0.375 e. The van der Waals surface area contributed by atoms with Gasteiger partial charge in [0.1, 0.15) is 5.82 Å². The molecule has 0 bridgehead atoms. The molecule has 110 valence electrons. The molecule has 0 aromatic heterocycles. The molecular weight excluding hydrogens is 384 g/mol. The number of rotatable bonds is 5. The highest BCUT2D eigenvalue weighted by molar-refractivity contribution is 14.1. The Morgan fingerprint density at radius 3 is 2.52 bits per heavy atom. The van der Waals surface area contributed by atoms with Crippen LogP contribution in [0, 0.1) is 9.39 Å². The Morgan fingerprint density at radius 2 is 1.90 bits per heavy atom. The minimum absolute atomic E-state index is 0.149. The van der Waals surface area contributed by atoms with Crippen molar-refractivity contribution in [1.29, 1.82) is 0 Å². The van der Waals surface area contributed by atoms with E-state index in [1.165, 1.54) is 12.1 Å². The lowest BCUT2D eigenvalue weighted by Gasteiger charge is -2.17. The second-order valence-electron chi connectivity index (χ2n) is 4.47. The summed E-state index contributed by atoms with van der Waals surface area (Å²) in [6.45, 7) is 0.325. The van der Waals surface area contributed by atoms with Crippen molar-refractivity contribution in [2.45, 2.75) is 6.10 Å². The number of carbonyl (C=O) groups excluding carboxylic acids is 1. The first-order valence-corrected chi connectivity index (χ1v) is 7.50. The lowest BCUT2D eigenvalue weighted by molar-refractivity contribution is 0.0827. The molecule has 21 heavy (non-hydrogen) atoms.